The van der Waals surface area contributed by atoms with E-state index in [9.17, 15) is 9.59 Å². The Morgan fingerprint density at radius 2 is 2.28 bits per heavy atom. The van der Waals surface area contributed by atoms with Crippen molar-refractivity contribution in [2.24, 2.45) is 0 Å². The molecule has 4 nitrogen and oxygen atoms in total. The quantitative estimate of drug-likeness (QED) is 0.473. The Morgan fingerprint density at radius 1 is 1.56 bits per heavy atom. The maximum absolute atomic E-state index is 11.4. The second kappa shape index (κ2) is 7.04. The Morgan fingerprint density at radius 3 is 2.89 bits per heavy atom. The summed E-state index contributed by atoms with van der Waals surface area (Å²) in [6, 6.07) is 1.51. The number of ether oxygens (including phenoxy) is 1. The van der Waals surface area contributed by atoms with Crippen LogP contribution in [0.4, 0.5) is 0 Å². The summed E-state index contributed by atoms with van der Waals surface area (Å²) in [5.74, 6) is 5.42. The molecule has 0 saturated heterocycles. The topological polar surface area (TPSA) is 56.3 Å². The van der Waals surface area contributed by atoms with E-state index in [1.54, 1.807) is 0 Å². The first-order valence-electron chi connectivity index (χ1n) is 4.90. The van der Waals surface area contributed by atoms with E-state index in [0.29, 0.717) is 11.3 Å². The fourth-order valence-corrected chi connectivity index (χ4v) is 1.57. The molecule has 1 aromatic heterocycles. The normalized spacial score (nSPS) is 9.28. The van der Waals surface area contributed by atoms with Crippen LogP contribution in [0, 0.1) is 11.8 Å². The van der Waals surface area contributed by atoms with Gasteiger partial charge in [0.15, 0.2) is 5.12 Å². The average Bonchev–Trinajstić information content (AvgIpc) is 2.35. The van der Waals surface area contributed by atoms with Crippen LogP contribution < -0.4 is 0 Å². The molecule has 0 bridgehead atoms. The number of halogens is 1. The summed E-state index contributed by atoms with van der Waals surface area (Å²) in [5, 5.41) is 0.0827. The molecule has 0 aliphatic heterocycles. The van der Waals surface area contributed by atoms with E-state index in [4.69, 9.17) is 11.6 Å². The molecule has 0 radical (unpaired) electrons. The summed E-state index contributed by atoms with van der Waals surface area (Å²) in [5.41, 5.74) is 0.717. The Bertz CT molecular complexity index is 534. The van der Waals surface area contributed by atoms with Crippen molar-refractivity contribution in [1.82, 2.24) is 4.98 Å². The molecule has 0 N–H and O–H groups in total. The van der Waals surface area contributed by atoms with Gasteiger partial charge < -0.3 is 4.74 Å². The first-order valence-corrected chi connectivity index (χ1v) is 6.27. The number of methoxy groups -OCH3 is 1. The van der Waals surface area contributed by atoms with Crippen molar-refractivity contribution in [1.29, 1.82) is 0 Å². The van der Waals surface area contributed by atoms with Gasteiger partial charge in [0.1, 0.15) is 5.15 Å². The molecule has 0 amide bonds. The lowest BCUT2D eigenvalue weighted by Crippen LogP contribution is -2.03. The molecule has 0 aliphatic carbocycles. The van der Waals surface area contributed by atoms with E-state index in [-0.39, 0.29) is 15.8 Å². The van der Waals surface area contributed by atoms with E-state index < -0.39 is 5.97 Å². The Labute approximate surface area is 114 Å². The van der Waals surface area contributed by atoms with Crippen LogP contribution >= 0.6 is 23.4 Å². The van der Waals surface area contributed by atoms with Crippen molar-refractivity contribution >= 4 is 34.4 Å². The van der Waals surface area contributed by atoms with E-state index >= 15 is 0 Å². The van der Waals surface area contributed by atoms with E-state index in [1.807, 2.05) is 0 Å². The fourth-order valence-electron chi connectivity index (χ4n) is 1.05. The van der Waals surface area contributed by atoms with Gasteiger partial charge in [-0.25, -0.2) is 9.78 Å². The van der Waals surface area contributed by atoms with Crippen molar-refractivity contribution in [3.63, 3.8) is 0 Å². The molecular formula is C12H10ClNO3S. The standard InChI is InChI=1S/C12H10ClNO3S/c1-8(15)18-5-3-4-9-6-10(12(16)17-2)11(13)14-7-9/h6-7H,5H2,1-2H3. The highest BCUT2D eigenvalue weighted by Gasteiger charge is 2.11. The lowest BCUT2D eigenvalue weighted by atomic mass is 10.2. The van der Waals surface area contributed by atoms with Crippen molar-refractivity contribution in [3.05, 3.63) is 28.5 Å². The van der Waals surface area contributed by atoms with Crippen molar-refractivity contribution in [2.75, 3.05) is 12.9 Å². The van der Waals surface area contributed by atoms with Crippen LogP contribution in [0.3, 0.4) is 0 Å². The van der Waals surface area contributed by atoms with E-state index in [1.165, 1.54) is 26.3 Å². The van der Waals surface area contributed by atoms with Crippen LogP contribution in [-0.2, 0) is 9.53 Å². The predicted molar refractivity (Wildman–Crippen MR) is 70.6 cm³/mol. The molecule has 1 rings (SSSR count). The highest BCUT2D eigenvalue weighted by molar-refractivity contribution is 8.13. The SMILES string of the molecule is COC(=O)c1cc(C#CCSC(C)=O)cnc1Cl. The number of pyridine rings is 1. The van der Waals surface area contributed by atoms with Gasteiger partial charge in [0, 0.05) is 18.7 Å². The smallest absolute Gasteiger partial charge is 0.341 e. The molecule has 0 atom stereocenters. The molecule has 1 heterocycles. The summed E-state index contributed by atoms with van der Waals surface area (Å²) in [7, 11) is 1.26. The minimum Gasteiger partial charge on any atom is -0.465 e. The molecule has 18 heavy (non-hydrogen) atoms. The van der Waals surface area contributed by atoms with Crippen LogP contribution in [-0.4, -0.2) is 28.9 Å². The third-order valence-electron chi connectivity index (χ3n) is 1.82. The van der Waals surface area contributed by atoms with Gasteiger partial charge in [-0.05, 0) is 6.07 Å². The average molecular weight is 284 g/mol. The first kappa shape index (κ1) is 14.6. The minimum absolute atomic E-state index is 0.00813. The fraction of sp³-hybridized carbons (Fsp3) is 0.250. The van der Waals surface area contributed by atoms with Gasteiger partial charge in [-0.3, -0.25) is 4.79 Å². The van der Waals surface area contributed by atoms with Crippen LogP contribution in [0.15, 0.2) is 12.3 Å². The number of carbonyl (C=O) groups is 2. The molecule has 0 aliphatic rings. The Balaban J connectivity index is 2.85. The minimum atomic E-state index is -0.561. The molecule has 0 aromatic carbocycles. The molecule has 1 aromatic rings. The summed E-state index contributed by atoms with van der Waals surface area (Å²) in [6.45, 7) is 1.48. The molecule has 0 fully saturated rings. The van der Waals surface area contributed by atoms with Crippen LogP contribution in [0.1, 0.15) is 22.8 Å². The molecular weight excluding hydrogens is 274 g/mol. The largest absolute Gasteiger partial charge is 0.465 e. The van der Waals surface area contributed by atoms with Gasteiger partial charge in [-0.1, -0.05) is 35.2 Å². The number of hydrogen-bond donors (Lipinski definition) is 0. The van der Waals surface area contributed by atoms with Crippen LogP contribution in [0.25, 0.3) is 0 Å². The number of esters is 1. The Hall–Kier alpha value is -1.51. The molecule has 6 heteroatoms. The number of thioether (sulfide) groups is 1. The third-order valence-corrected chi connectivity index (χ3v) is 2.82. The van der Waals surface area contributed by atoms with Crippen molar-refractivity contribution < 1.29 is 14.3 Å². The highest BCUT2D eigenvalue weighted by atomic mass is 35.5. The predicted octanol–water partition coefficient (Wildman–Crippen LogP) is 2.15. The summed E-state index contributed by atoms with van der Waals surface area (Å²) in [6.07, 6.45) is 1.46. The lowest BCUT2D eigenvalue weighted by Gasteiger charge is -2.01. The molecule has 0 spiro atoms. The number of rotatable bonds is 2. The van der Waals surface area contributed by atoms with Gasteiger partial charge in [-0.15, -0.1) is 0 Å². The van der Waals surface area contributed by atoms with Gasteiger partial charge in [-0.2, -0.15) is 0 Å². The summed E-state index contributed by atoms with van der Waals surface area (Å²) < 4.78 is 4.57. The monoisotopic (exact) mass is 283 g/mol. The van der Waals surface area contributed by atoms with Crippen molar-refractivity contribution in [3.8, 4) is 11.8 Å². The lowest BCUT2D eigenvalue weighted by molar-refractivity contribution is -0.109. The number of hydrogen-bond acceptors (Lipinski definition) is 5. The van der Waals surface area contributed by atoms with Gasteiger partial charge in [0.05, 0.1) is 18.4 Å². The molecule has 0 unspecified atom stereocenters. The number of nitrogens with zero attached hydrogens (tertiary/aromatic N) is 1. The maximum atomic E-state index is 11.4. The second-order valence-electron chi connectivity index (χ2n) is 3.14. The summed E-state index contributed by atoms with van der Waals surface area (Å²) in [4.78, 5) is 25.9. The van der Waals surface area contributed by atoms with E-state index in [0.717, 1.165) is 11.8 Å². The first-order chi connectivity index (χ1) is 8.54. The van der Waals surface area contributed by atoms with E-state index in [2.05, 4.69) is 21.6 Å². The summed E-state index contributed by atoms with van der Waals surface area (Å²) >= 11 is 6.88. The second-order valence-corrected chi connectivity index (χ2v) is 4.65. The van der Waals surface area contributed by atoms with Crippen molar-refractivity contribution in [2.45, 2.75) is 6.92 Å². The molecule has 0 saturated carbocycles. The van der Waals surface area contributed by atoms with Gasteiger partial charge in [0.25, 0.3) is 0 Å². The zero-order valence-corrected chi connectivity index (χ0v) is 11.4. The van der Waals surface area contributed by atoms with Gasteiger partial charge in [0.2, 0.25) is 0 Å². The third kappa shape index (κ3) is 4.40. The Kier molecular flexibility index (Phi) is 5.69. The van der Waals surface area contributed by atoms with Gasteiger partial charge >= 0.3 is 5.97 Å². The van der Waals surface area contributed by atoms with Crippen LogP contribution in [0.2, 0.25) is 5.15 Å². The zero-order chi connectivity index (χ0) is 13.5. The van der Waals surface area contributed by atoms with Crippen LogP contribution in [0.5, 0.6) is 0 Å². The molecule has 94 valence electrons. The zero-order valence-electron chi connectivity index (χ0n) is 9.82. The number of aromatic nitrogens is 1. The maximum Gasteiger partial charge on any atom is 0.341 e. The number of carbonyl (C=O) groups excluding carboxylic acids is 2. The highest BCUT2D eigenvalue weighted by Crippen LogP contribution is 2.14.